The molecule has 9 nitrogen and oxygen atoms in total. The number of hydrogen-bond donors (Lipinski definition) is 0. The standard InChI is InChI=1S/C33H39N7O2/c1-3-31(41)40-19-18-39(23-26(40)22-34-2)32-28-14-17-38(30-13-9-11-25-10-5-6-12-27(25)30)24-29(28)35-33(36-32)42-21-20-37-15-7-4-8-16-37/h3,5-6,9-13,26H,1,4,7-8,14-24H2. The first-order chi connectivity index (χ1) is 20.6. The topological polar surface area (TPSA) is 69.4 Å². The first-order valence-electron chi connectivity index (χ1n) is 15.1. The van der Waals surface area contributed by atoms with Crippen molar-refractivity contribution in [2.45, 2.75) is 38.3 Å². The van der Waals surface area contributed by atoms with E-state index in [-0.39, 0.29) is 18.5 Å². The molecule has 1 atom stereocenters. The van der Waals surface area contributed by atoms with Crippen LogP contribution in [0.15, 0.2) is 55.1 Å². The quantitative estimate of drug-likeness (QED) is 0.300. The van der Waals surface area contributed by atoms with E-state index in [9.17, 15) is 4.79 Å². The summed E-state index contributed by atoms with van der Waals surface area (Å²) in [6.07, 6.45) is 5.95. The fourth-order valence-corrected chi connectivity index (χ4v) is 6.57. The minimum Gasteiger partial charge on any atom is -0.462 e. The molecule has 0 saturated carbocycles. The van der Waals surface area contributed by atoms with Gasteiger partial charge in [0.15, 0.2) is 0 Å². The Labute approximate surface area is 248 Å². The summed E-state index contributed by atoms with van der Waals surface area (Å²) in [5.41, 5.74) is 3.33. The van der Waals surface area contributed by atoms with Gasteiger partial charge >= 0.3 is 6.01 Å². The van der Waals surface area contributed by atoms with Gasteiger partial charge in [-0.1, -0.05) is 49.4 Å². The molecule has 0 N–H and O–H groups in total. The molecule has 1 amide bonds. The van der Waals surface area contributed by atoms with Crippen LogP contribution in [0.1, 0.15) is 30.5 Å². The van der Waals surface area contributed by atoms with Crippen LogP contribution >= 0.6 is 0 Å². The predicted octanol–water partition coefficient (Wildman–Crippen LogP) is 4.18. The van der Waals surface area contributed by atoms with Crippen LogP contribution in [-0.4, -0.2) is 90.7 Å². The number of nitrogens with zero attached hydrogens (tertiary/aromatic N) is 7. The lowest BCUT2D eigenvalue weighted by Crippen LogP contribution is -2.56. The third-order valence-electron chi connectivity index (χ3n) is 8.76. The third kappa shape index (κ3) is 5.90. The van der Waals surface area contributed by atoms with E-state index in [1.807, 2.05) is 0 Å². The Kier molecular flexibility index (Phi) is 8.52. The number of amides is 1. The molecular formula is C33H39N7O2. The van der Waals surface area contributed by atoms with Crippen molar-refractivity contribution in [2.75, 3.05) is 68.8 Å². The number of aromatic nitrogens is 2. The number of ether oxygens (including phenoxy) is 1. The fraction of sp³-hybridized carbons (Fsp3) is 0.455. The SMILES string of the molecule is [C-]#[N+]CC1CN(c2nc(OCCN3CCCCC3)nc3c2CCN(c2cccc4ccccc24)C3)CCN1C(=O)C=C. The Balaban J connectivity index is 1.29. The highest BCUT2D eigenvalue weighted by Crippen LogP contribution is 2.34. The molecule has 9 heteroatoms. The van der Waals surface area contributed by atoms with Crippen molar-refractivity contribution in [3.63, 3.8) is 0 Å². The van der Waals surface area contributed by atoms with Gasteiger partial charge in [0.25, 0.3) is 0 Å². The van der Waals surface area contributed by atoms with Crippen molar-refractivity contribution >= 4 is 28.2 Å². The van der Waals surface area contributed by atoms with Crippen LogP contribution in [0.3, 0.4) is 0 Å². The molecule has 0 aliphatic carbocycles. The highest BCUT2D eigenvalue weighted by molar-refractivity contribution is 5.94. The zero-order chi connectivity index (χ0) is 28.9. The van der Waals surface area contributed by atoms with Crippen LogP contribution in [0.4, 0.5) is 11.5 Å². The van der Waals surface area contributed by atoms with E-state index in [2.05, 4.69) is 68.6 Å². The minimum atomic E-state index is -0.216. The van der Waals surface area contributed by atoms with Crippen molar-refractivity contribution in [2.24, 2.45) is 0 Å². The Hall–Kier alpha value is -4.16. The van der Waals surface area contributed by atoms with E-state index >= 15 is 0 Å². The highest BCUT2D eigenvalue weighted by Gasteiger charge is 2.34. The summed E-state index contributed by atoms with van der Waals surface area (Å²) in [5.74, 6) is 0.756. The lowest BCUT2D eigenvalue weighted by molar-refractivity contribution is -0.128. The number of likely N-dealkylation sites (tertiary alicyclic amines) is 1. The lowest BCUT2D eigenvalue weighted by Gasteiger charge is -2.41. The molecule has 0 spiro atoms. The Bertz CT molecular complexity index is 1470. The van der Waals surface area contributed by atoms with E-state index in [1.54, 1.807) is 4.90 Å². The molecule has 42 heavy (non-hydrogen) atoms. The average Bonchev–Trinajstić information content (AvgIpc) is 3.04. The molecule has 6 rings (SSSR count). The molecule has 0 radical (unpaired) electrons. The van der Waals surface area contributed by atoms with Crippen LogP contribution in [0, 0.1) is 6.57 Å². The van der Waals surface area contributed by atoms with Crippen molar-refractivity contribution in [1.29, 1.82) is 0 Å². The number of carbonyl (C=O) groups excluding carboxylic acids is 1. The monoisotopic (exact) mass is 565 g/mol. The van der Waals surface area contributed by atoms with Crippen molar-refractivity contribution in [3.05, 3.63) is 77.8 Å². The maximum atomic E-state index is 12.5. The summed E-state index contributed by atoms with van der Waals surface area (Å²) < 4.78 is 6.23. The number of rotatable bonds is 8. The number of hydrogen-bond acceptors (Lipinski definition) is 7. The maximum Gasteiger partial charge on any atom is 0.318 e. The Morgan fingerprint density at radius 3 is 2.69 bits per heavy atom. The minimum absolute atomic E-state index is 0.125. The average molecular weight is 566 g/mol. The van der Waals surface area contributed by atoms with Gasteiger partial charge in [0, 0.05) is 49.4 Å². The summed E-state index contributed by atoms with van der Waals surface area (Å²) in [6.45, 7) is 18.3. The van der Waals surface area contributed by atoms with Crippen LogP contribution in [-0.2, 0) is 17.8 Å². The van der Waals surface area contributed by atoms with Crippen molar-refractivity contribution in [1.82, 2.24) is 19.8 Å². The second-order valence-electron chi connectivity index (χ2n) is 11.4. The van der Waals surface area contributed by atoms with Gasteiger partial charge in [-0.25, -0.2) is 6.57 Å². The molecule has 4 heterocycles. The zero-order valence-electron chi connectivity index (χ0n) is 24.2. The summed E-state index contributed by atoms with van der Waals surface area (Å²) in [6, 6.07) is 15.2. The lowest BCUT2D eigenvalue weighted by atomic mass is 10.0. The van der Waals surface area contributed by atoms with Crippen LogP contribution < -0.4 is 14.5 Å². The summed E-state index contributed by atoms with van der Waals surface area (Å²) in [4.78, 5) is 35.0. The molecule has 2 fully saturated rings. The van der Waals surface area contributed by atoms with Gasteiger partial charge in [0.05, 0.1) is 12.2 Å². The van der Waals surface area contributed by atoms with Gasteiger partial charge in [-0.05, 0) is 49.9 Å². The van der Waals surface area contributed by atoms with Gasteiger partial charge in [-0.3, -0.25) is 9.69 Å². The summed E-state index contributed by atoms with van der Waals surface area (Å²) in [5, 5.41) is 2.46. The summed E-state index contributed by atoms with van der Waals surface area (Å²) >= 11 is 0. The fourth-order valence-electron chi connectivity index (χ4n) is 6.57. The van der Waals surface area contributed by atoms with Gasteiger partial charge in [-0.2, -0.15) is 9.97 Å². The second-order valence-corrected chi connectivity index (χ2v) is 11.4. The van der Waals surface area contributed by atoms with Crippen LogP contribution in [0.25, 0.3) is 15.6 Å². The number of anilines is 2. The molecule has 1 aromatic heterocycles. The molecule has 1 unspecified atom stereocenters. The number of piperazine rings is 1. The van der Waals surface area contributed by atoms with Crippen LogP contribution in [0.2, 0.25) is 0 Å². The Morgan fingerprint density at radius 2 is 1.86 bits per heavy atom. The Morgan fingerprint density at radius 1 is 1.02 bits per heavy atom. The smallest absolute Gasteiger partial charge is 0.318 e. The maximum absolute atomic E-state index is 12.5. The van der Waals surface area contributed by atoms with Crippen molar-refractivity contribution < 1.29 is 9.53 Å². The highest BCUT2D eigenvalue weighted by atomic mass is 16.5. The third-order valence-corrected chi connectivity index (χ3v) is 8.76. The number of benzene rings is 2. The van der Waals surface area contributed by atoms with E-state index in [1.165, 1.54) is 41.8 Å². The predicted molar refractivity (Wildman–Crippen MR) is 166 cm³/mol. The second kappa shape index (κ2) is 12.8. The van der Waals surface area contributed by atoms with Crippen LogP contribution in [0.5, 0.6) is 6.01 Å². The number of fused-ring (bicyclic) bond motifs is 2. The van der Waals surface area contributed by atoms with Crippen molar-refractivity contribution in [3.8, 4) is 6.01 Å². The van der Waals surface area contributed by atoms with Gasteiger partial charge < -0.3 is 24.3 Å². The van der Waals surface area contributed by atoms with Gasteiger partial charge in [0.2, 0.25) is 12.5 Å². The summed E-state index contributed by atoms with van der Waals surface area (Å²) in [7, 11) is 0. The largest absolute Gasteiger partial charge is 0.462 e. The van der Waals surface area contributed by atoms with E-state index < -0.39 is 0 Å². The zero-order valence-corrected chi connectivity index (χ0v) is 24.2. The van der Waals surface area contributed by atoms with E-state index in [0.29, 0.717) is 38.8 Å². The van der Waals surface area contributed by atoms with Gasteiger partial charge in [0.1, 0.15) is 18.5 Å². The number of piperidine rings is 1. The molecule has 2 aromatic carbocycles. The first kappa shape index (κ1) is 28.0. The van der Waals surface area contributed by atoms with E-state index in [4.69, 9.17) is 21.3 Å². The first-order valence-corrected chi connectivity index (χ1v) is 15.1. The molecule has 3 aromatic rings. The van der Waals surface area contributed by atoms with Gasteiger partial charge in [-0.15, -0.1) is 0 Å². The molecule has 2 saturated heterocycles. The normalized spacial score (nSPS) is 19.3. The van der Waals surface area contributed by atoms with E-state index in [0.717, 1.165) is 49.7 Å². The molecule has 3 aliphatic rings. The number of carbonyl (C=O) groups is 1. The molecule has 0 bridgehead atoms. The molecule has 218 valence electrons. The molecular weight excluding hydrogens is 526 g/mol. The molecule has 3 aliphatic heterocycles.